The molecule has 4 nitrogen and oxygen atoms in total. The Morgan fingerprint density at radius 3 is 2.96 bits per heavy atom. The number of nitrogens with one attached hydrogen (secondary N) is 1. The second-order valence-corrected chi connectivity index (χ2v) is 9.29. The van der Waals surface area contributed by atoms with Gasteiger partial charge in [0.05, 0.1) is 11.3 Å². The van der Waals surface area contributed by atoms with E-state index in [2.05, 4.69) is 39.4 Å². The van der Waals surface area contributed by atoms with E-state index in [1.54, 1.807) is 0 Å². The Hall–Kier alpha value is -1.18. The van der Waals surface area contributed by atoms with Crippen molar-refractivity contribution in [1.82, 2.24) is 15.1 Å². The molecule has 1 amide bonds. The molecule has 4 rings (SSSR count). The van der Waals surface area contributed by atoms with Crippen LogP contribution < -0.4 is 0 Å². The zero-order valence-corrected chi connectivity index (χ0v) is 15.7. The van der Waals surface area contributed by atoms with Crippen LogP contribution >= 0.6 is 35.3 Å². The second kappa shape index (κ2) is 6.61. The SMILES string of the molecule is O=C(CSc1n[nH]c(=S)s1)N1C[C@H]2CCCC[C@@]21c1ccccc1. The van der Waals surface area contributed by atoms with Crippen molar-refractivity contribution in [2.45, 2.75) is 35.6 Å². The highest BCUT2D eigenvalue weighted by Gasteiger charge is 2.56. The quantitative estimate of drug-likeness (QED) is 0.640. The molecule has 7 heteroatoms. The van der Waals surface area contributed by atoms with Gasteiger partial charge >= 0.3 is 0 Å². The Morgan fingerprint density at radius 1 is 1.42 bits per heavy atom. The van der Waals surface area contributed by atoms with E-state index >= 15 is 0 Å². The van der Waals surface area contributed by atoms with Gasteiger partial charge in [-0.1, -0.05) is 66.3 Å². The smallest absolute Gasteiger partial charge is 0.233 e. The maximum absolute atomic E-state index is 12.9. The molecule has 1 aliphatic heterocycles. The monoisotopic (exact) mass is 377 g/mol. The third-order valence-electron chi connectivity index (χ3n) is 5.23. The molecule has 0 spiro atoms. The fourth-order valence-electron chi connectivity index (χ4n) is 4.16. The van der Waals surface area contributed by atoms with Gasteiger partial charge in [-0.25, -0.2) is 0 Å². The van der Waals surface area contributed by atoms with Gasteiger partial charge in [-0.15, -0.1) is 0 Å². The molecule has 126 valence electrons. The zero-order chi connectivity index (χ0) is 16.6. The van der Waals surface area contributed by atoms with Crippen LogP contribution in [0.2, 0.25) is 0 Å². The number of carbonyl (C=O) groups excluding carboxylic acids is 1. The van der Waals surface area contributed by atoms with Crippen LogP contribution in [0.15, 0.2) is 34.7 Å². The van der Waals surface area contributed by atoms with E-state index in [0.717, 1.165) is 17.3 Å². The molecular formula is C17H19N3OS3. The number of hydrogen-bond donors (Lipinski definition) is 1. The summed E-state index contributed by atoms with van der Waals surface area (Å²) in [7, 11) is 0. The van der Waals surface area contributed by atoms with Gasteiger partial charge in [-0.05, 0) is 30.6 Å². The van der Waals surface area contributed by atoms with Crippen molar-refractivity contribution in [2.24, 2.45) is 5.92 Å². The van der Waals surface area contributed by atoms with Gasteiger partial charge in [0.1, 0.15) is 0 Å². The molecule has 0 unspecified atom stereocenters. The molecule has 1 aliphatic carbocycles. The normalized spacial score (nSPS) is 25.8. The lowest BCUT2D eigenvalue weighted by Gasteiger charge is -2.61. The van der Waals surface area contributed by atoms with E-state index in [0.29, 0.717) is 15.6 Å². The summed E-state index contributed by atoms with van der Waals surface area (Å²) in [5.74, 6) is 1.25. The molecular weight excluding hydrogens is 358 g/mol. The summed E-state index contributed by atoms with van der Waals surface area (Å²) in [4.78, 5) is 15.0. The number of H-pyrrole nitrogens is 1. The lowest BCUT2D eigenvalue weighted by molar-refractivity contribution is -0.163. The first-order valence-electron chi connectivity index (χ1n) is 8.24. The fourth-order valence-corrected chi connectivity index (χ4v) is 6.12. The van der Waals surface area contributed by atoms with Crippen molar-refractivity contribution in [3.63, 3.8) is 0 Å². The average molecular weight is 378 g/mol. The minimum absolute atomic E-state index is 0.0741. The molecule has 0 radical (unpaired) electrons. The van der Waals surface area contributed by atoms with Crippen molar-refractivity contribution in [3.8, 4) is 0 Å². The molecule has 2 fully saturated rings. The molecule has 24 heavy (non-hydrogen) atoms. The number of amides is 1. The Morgan fingerprint density at radius 2 is 2.25 bits per heavy atom. The molecule has 0 bridgehead atoms. The number of aromatic nitrogens is 2. The summed E-state index contributed by atoms with van der Waals surface area (Å²) >= 11 is 7.95. The van der Waals surface area contributed by atoms with Crippen LogP contribution in [0.4, 0.5) is 0 Å². The highest BCUT2D eigenvalue weighted by Crippen LogP contribution is 2.53. The first-order chi connectivity index (χ1) is 11.7. The molecule has 1 aromatic heterocycles. The molecule has 1 aromatic carbocycles. The Kier molecular flexibility index (Phi) is 4.49. The van der Waals surface area contributed by atoms with Gasteiger partial charge in [-0.3, -0.25) is 9.89 Å². The standard InChI is InChI=1S/C17H19N3OS3/c21-14(11-23-16-19-18-15(22)24-16)20-10-13-8-4-5-9-17(13,20)12-6-2-1-3-7-12/h1-3,6-7,13H,4-5,8-11H2,(H,18,22)/t13-,17-/m1/s1. The number of nitrogens with zero attached hydrogens (tertiary/aromatic N) is 2. The van der Waals surface area contributed by atoms with Gasteiger partial charge < -0.3 is 4.90 Å². The van der Waals surface area contributed by atoms with Crippen LogP contribution in [0.5, 0.6) is 0 Å². The molecule has 2 aromatic rings. The minimum atomic E-state index is -0.0741. The van der Waals surface area contributed by atoms with E-state index in [9.17, 15) is 4.79 Å². The van der Waals surface area contributed by atoms with Crippen molar-refractivity contribution >= 4 is 41.2 Å². The first-order valence-corrected chi connectivity index (χ1v) is 10.5. The lowest BCUT2D eigenvalue weighted by atomic mass is 9.61. The van der Waals surface area contributed by atoms with E-state index in [1.165, 1.54) is 47.9 Å². The number of rotatable bonds is 4. The van der Waals surface area contributed by atoms with Gasteiger partial charge in [0.25, 0.3) is 0 Å². The number of aromatic amines is 1. The van der Waals surface area contributed by atoms with Gasteiger partial charge in [0.2, 0.25) is 5.91 Å². The fraction of sp³-hybridized carbons (Fsp3) is 0.471. The summed E-state index contributed by atoms with van der Waals surface area (Å²) in [6.07, 6.45) is 4.79. The maximum Gasteiger partial charge on any atom is 0.233 e. The highest BCUT2D eigenvalue weighted by molar-refractivity contribution is 8.01. The molecule has 1 N–H and O–H groups in total. The van der Waals surface area contributed by atoms with E-state index in [-0.39, 0.29) is 11.4 Å². The zero-order valence-electron chi connectivity index (χ0n) is 13.2. The maximum atomic E-state index is 12.9. The van der Waals surface area contributed by atoms with E-state index in [1.807, 2.05) is 6.07 Å². The topological polar surface area (TPSA) is 49.0 Å². The Bertz CT molecular complexity index is 788. The van der Waals surface area contributed by atoms with Crippen molar-refractivity contribution < 1.29 is 4.79 Å². The number of carbonyl (C=O) groups is 1. The predicted molar refractivity (Wildman–Crippen MR) is 99.8 cm³/mol. The van der Waals surface area contributed by atoms with Crippen molar-refractivity contribution in [2.75, 3.05) is 12.3 Å². The third-order valence-corrected chi connectivity index (χ3v) is 7.45. The van der Waals surface area contributed by atoms with Gasteiger partial charge in [0.15, 0.2) is 8.29 Å². The molecule has 2 heterocycles. The molecule has 1 saturated heterocycles. The minimum Gasteiger partial charge on any atom is -0.331 e. The van der Waals surface area contributed by atoms with Crippen molar-refractivity contribution in [3.05, 3.63) is 39.8 Å². The van der Waals surface area contributed by atoms with Crippen LogP contribution in [0.25, 0.3) is 0 Å². The largest absolute Gasteiger partial charge is 0.331 e. The molecule has 2 atom stereocenters. The molecule has 1 saturated carbocycles. The van der Waals surface area contributed by atoms with Gasteiger partial charge in [-0.2, -0.15) is 5.10 Å². The Labute approximate surface area is 154 Å². The van der Waals surface area contributed by atoms with E-state index in [4.69, 9.17) is 12.2 Å². The van der Waals surface area contributed by atoms with E-state index < -0.39 is 0 Å². The third kappa shape index (κ3) is 2.72. The predicted octanol–water partition coefficient (Wildman–Crippen LogP) is 4.22. The number of benzene rings is 1. The summed E-state index contributed by atoms with van der Waals surface area (Å²) in [5.41, 5.74) is 1.23. The number of thioether (sulfide) groups is 1. The van der Waals surface area contributed by atoms with Crippen LogP contribution in [0, 0.1) is 9.87 Å². The number of hydrogen-bond acceptors (Lipinski definition) is 5. The lowest BCUT2D eigenvalue weighted by Crippen LogP contribution is -2.67. The highest BCUT2D eigenvalue weighted by atomic mass is 32.2. The van der Waals surface area contributed by atoms with Crippen LogP contribution in [0.3, 0.4) is 0 Å². The summed E-state index contributed by atoms with van der Waals surface area (Å²) in [5, 5.41) is 6.90. The second-order valence-electron chi connectivity index (χ2n) is 6.41. The van der Waals surface area contributed by atoms with Crippen molar-refractivity contribution in [1.29, 1.82) is 0 Å². The average Bonchev–Trinajstić information content (AvgIpc) is 3.00. The summed E-state index contributed by atoms with van der Waals surface area (Å²) in [6.45, 7) is 0.893. The number of fused-ring (bicyclic) bond motifs is 1. The van der Waals surface area contributed by atoms with Crippen LogP contribution in [0.1, 0.15) is 31.2 Å². The summed E-state index contributed by atoms with van der Waals surface area (Å²) < 4.78 is 1.49. The number of likely N-dealkylation sites (tertiary alicyclic amines) is 1. The first kappa shape index (κ1) is 16.3. The van der Waals surface area contributed by atoms with Crippen LogP contribution in [-0.2, 0) is 10.3 Å². The van der Waals surface area contributed by atoms with Gasteiger partial charge in [0, 0.05) is 12.5 Å². The van der Waals surface area contributed by atoms with Crippen LogP contribution in [-0.4, -0.2) is 33.3 Å². The Balaban J connectivity index is 1.53. The molecule has 2 aliphatic rings. The summed E-state index contributed by atoms with van der Waals surface area (Å²) in [6, 6.07) is 10.6.